The van der Waals surface area contributed by atoms with Gasteiger partial charge < -0.3 is 20.6 Å². The molecular formula is C28H34N4O3. The number of aliphatic imine (C=N–C) groups is 1. The summed E-state index contributed by atoms with van der Waals surface area (Å²) < 4.78 is 0. The standard InChI is InChI=1S/C28H34N4O3/c1-3-12-31(13-4-2)28(35)23-15-22-10-9-21(16-25(22)30-26(29)17-23)19-5-7-20(8-6-19)27(34)32-14-11-24(33)18-32/h5-10,15-16,24,33H,3-4,11-14,17-18H2,1-2H3,(H2,29,30). The van der Waals surface area contributed by atoms with Gasteiger partial charge in [-0.15, -0.1) is 0 Å². The molecule has 0 aromatic heterocycles. The SMILES string of the molecule is CCCN(CCC)C(=O)C1=Cc2ccc(-c3ccc(C(=O)N4CCC(O)C4)cc3)cc2N=C(N)C1. The number of amides is 2. The van der Waals surface area contributed by atoms with Crippen LogP contribution in [0.1, 0.15) is 55.5 Å². The molecule has 0 bridgehead atoms. The number of β-amino-alcohol motifs (C(OH)–C–C–N with tert-alkyl or cyclic N) is 1. The molecule has 2 aliphatic heterocycles. The maximum absolute atomic E-state index is 13.2. The average Bonchev–Trinajstić information content (AvgIpc) is 3.21. The van der Waals surface area contributed by atoms with E-state index < -0.39 is 6.10 Å². The highest BCUT2D eigenvalue weighted by atomic mass is 16.3. The number of aliphatic hydroxyl groups is 1. The van der Waals surface area contributed by atoms with Crippen molar-refractivity contribution in [3.8, 4) is 11.1 Å². The lowest BCUT2D eigenvalue weighted by molar-refractivity contribution is -0.127. The number of carbonyl (C=O) groups excluding carboxylic acids is 2. The molecule has 1 unspecified atom stereocenters. The Hall–Kier alpha value is -3.45. The molecule has 3 N–H and O–H groups in total. The van der Waals surface area contributed by atoms with E-state index in [4.69, 9.17) is 5.73 Å². The summed E-state index contributed by atoms with van der Waals surface area (Å²) in [4.78, 5) is 34.0. The maximum atomic E-state index is 13.2. The van der Waals surface area contributed by atoms with Gasteiger partial charge in [0.2, 0.25) is 5.91 Å². The van der Waals surface area contributed by atoms with Gasteiger partial charge in [0.1, 0.15) is 5.84 Å². The molecule has 2 amide bonds. The summed E-state index contributed by atoms with van der Waals surface area (Å²) in [6.07, 6.45) is 4.25. The lowest BCUT2D eigenvalue weighted by Gasteiger charge is -2.22. The highest BCUT2D eigenvalue weighted by molar-refractivity contribution is 6.05. The molecule has 2 aliphatic rings. The van der Waals surface area contributed by atoms with Crippen LogP contribution in [0.3, 0.4) is 0 Å². The zero-order chi connectivity index (χ0) is 24.9. The number of rotatable bonds is 7. The minimum atomic E-state index is -0.433. The minimum absolute atomic E-state index is 0.0227. The number of likely N-dealkylation sites (tertiary alicyclic amines) is 1. The Morgan fingerprint density at radius 2 is 1.77 bits per heavy atom. The number of aliphatic hydroxyl groups excluding tert-OH is 1. The van der Waals surface area contributed by atoms with E-state index in [2.05, 4.69) is 18.8 Å². The fraction of sp³-hybridized carbons (Fsp3) is 0.393. The third-order valence-electron chi connectivity index (χ3n) is 6.46. The van der Waals surface area contributed by atoms with E-state index in [1.54, 1.807) is 4.90 Å². The quantitative estimate of drug-likeness (QED) is 0.634. The van der Waals surface area contributed by atoms with Gasteiger partial charge in [0.05, 0.1) is 11.8 Å². The van der Waals surface area contributed by atoms with Crippen molar-refractivity contribution < 1.29 is 14.7 Å². The summed E-state index contributed by atoms with van der Waals surface area (Å²) in [5.74, 6) is 0.381. The fourth-order valence-electron chi connectivity index (χ4n) is 4.68. The average molecular weight is 475 g/mol. The molecule has 0 saturated carbocycles. The second-order valence-electron chi connectivity index (χ2n) is 9.29. The number of amidine groups is 1. The first-order chi connectivity index (χ1) is 16.9. The van der Waals surface area contributed by atoms with E-state index in [-0.39, 0.29) is 11.8 Å². The van der Waals surface area contributed by atoms with E-state index >= 15 is 0 Å². The highest BCUT2D eigenvalue weighted by Gasteiger charge is 2.25. The van der Waals surface area contributed by atoms with Crippen LogP contribution in [0.5, 0.6) is 0 Å². The van der Waals surface area contributed by atoms with Gasteiger partial charge in [0, 0.05) is 49.3 Å². The first kappa shape index (κ1) is 24.7. The first-order valence-electron chi connectivity index (χ1n) is 12.4. The predicted molar refractivity (Wildman–Crippen MR) is 139 cm³/mol. The number of hydrogen-bond acceptors (Lipinski definition) is 5. The minimum Gasteiger partial charge on any atom is -0.391 e. The Bertz CT molecular complexity index is 1150. The molecule has 4 rings (SSSR count). The Morgan fingerprint density at radius 1 is 1.09 bits per heavy atom. The molecular weight excluding hydrogens is 440 g/mol. The van der Waals surface area contributed by atoms with Crippen molar-refractivity contribution in [3.63, 3.8) is 0 Å². The summed E-state index contributed by atoms with van der Waals surface area (Å²) in [5, 5.41) is 9.71. The monoisotopic (exact) mass is 474 g/mol. The zero-order valence-electron chi connectivity index (χ0n) is 20.5. The molecule has 35 heavy (non-hydrogen) atoms. The van der Waals surface area contributed by atoms with E-state index in [9.17, 15) is 14.7 Å². The molecule has 0 radical (unpaired) electrons. The fourth-order valence-corrected chi connectivity index (χ4v) is 4.68. The summed E-state index contributed by atoms with van der Waals surface area (Å²) in [5.41, 5.74) is 11.0. The predicted octanol–water partition coefficient (Wildman–Crippen LogP) is 3.98. The van der Waals surface area contributed by atoms with Crippen molar-refractivity contribution in [2.24, 2.45) is 10.7 Å². The third kappa shape index (κ3) is 5.62. The number of nitrogens with two attached hydrogens (primary N) is 1. The Kier molecular flexibility index (Phi) is 7.66. The van der Waals surface area contributed by atoms with Gasteiger partial charge in [-0.3, -0.25) is 9.59 Å². The maximum Gasteiger partial charge on any atom is 0.253 e. The van der Waals surface area contributed by atoms with Crippen LogP contribution in [0.25, 0.3) is 17.2 Å². The molecule has 7 heteroatoms. The van der Waals surface area contributed by atoms with E-state index in [0.717, 1.165) is 48.3 Å². The van der Waals surface area contributed by atoms with Gasteiger partial charge in [-0.1, -0.05) is 38.1 Å². The number of fused-ring (bicyclic) bond motifs is 1. The van der Waals surface area contributed by atoms with Gasteiger partial charge in [-0.25, -0.2) is 4.99 Å². The molecule has 0 aliphatic carbocycles. The molecule has 1 atom stereocenters. The molecule has 1 saturated heterocycles. The van der Waals surface area contributed by atoms with Gasteiger partial charge in [-0.05, 0) is 54.7 Å². The van der Waals surface area contributed by atoms with Crippen molar-refractivity contribution in [1.29, 1.82) is 0 Å². The second-order valence-corrected chi connectivity index (χ2v) is 9.29. The largest absolute Gasteiger partial charge is 0.391 e. The Morgan fingerprint density at radius 3 is 2.40 bits per heavy atom. The number of carbonyl (C=O) groups is 2. The van der Waals surface area contributed by atoms with Crippen LogP contribution in [0.4, 0.5) is 5.69 Å². The van der Waals surface area contributed by atoms with E-state index in [1.165, 1.54) is 0 Å². The highest BCUT2D eigenvalue weighted by Crippen LogP contribution is 2.32. The van der Waals surface area contributed by atoms with Gasteiger partial charge in [0.15, 0.2) is 0 Å². The molecule has 2 aromatic rings. The third-order valence-corrected chi connectivity index (χ3v) is 6.46. The topological polar surface area (TPSA) is 99.2 Å². The van der Waals surface area contributed by atoms with Crippen LogP contribution in [0, 0.1) is 0 Å². The van der Waals surface area contributed by atoms with Crippen LogP contribution in [0.2, 0.25) is 0 Å². The van der Waals surface area contributed by atoms with Crippen LogP contribution in [-0.4, -0.2) is 64.8 Å². The normalized spacial score (nSPS) is 17.3. The van der Waals surface area contributed by atoms with Crippen LogP contribution in [0.15, 0.2) is 53.0 Å². The lowest BCUT2D eigenvalue weighted by Crippen LogP contribution is -2.34. The van der Waals surface area contributed by atoms with Crippen LogP contribution < -0.4 is 5.73 Å². The Labute approximate surface area is 206 Å². The van der Waals surface area contributed by atoms with Crippen molar-refractivity contribution in [3.05, 3.63) is 59.2 Å². The van der Waals surface area contributed by atoms with Gasteiger partial charge in [-0.2, -0.15) is 0 Å². The molecule has 0 spiro atoms. The first-order valence-corrected chi connectivity index (χ1v) is 12.4. The molecule has 1 fully saturated rings. The summed E-state index contributed by atoms with van der Waals surface area (Å²) >= 11 is 0. The summed E-state index contributed by atoms with van der Waals surface area (Å²) in [6, 6.07) is 13.4. The number of nitrogens with zero attached hydrogens (tertiary/aromatic N) is 3. The van der Waals surface area contributed by atoms with Crippen molar-refractivity contribution in [1.82, 2.24) is 9.80 Å². The summed E-state index contributed by atoms with van der Waals surface area (Å²) in [7, 11) is 0. The lowest BCUT2D eigenvalue weighted by atomic mass is 9.99. The van der Waals surface area contributed by atoms with Crippen molar-refractivity contribution in [2.45, 2.75) is 45.6 Å². The van der Waals surface area contributed by atoms with Gasteiger partial charge in [0.25, 0.3) is 5.91 Å². The molecule has 2 heterocycles. The van der Waals surface area contributed by atoms with Crippen molar-refractivity contribution >= 4 is 29.4 Å². The smallest absolute Gasteiger partial charge is 0.253 e. The van der Waals surface area contributed by atoms with Crippen LogP contribution >= 0.6 is 0 Å². The van der Waals surface area contributed by atoms with E-state index in [1.807, 2.05) is 53.4 Å². The Balaban J connectivity index is 1.57. The van der Waals surface area contributed by atoms with Gasteiger partial charge >= 0.3 is 0 Å². The van der Waals surface area contributed by atoms with E-state index in [0.29, 0.717) is 42.9 Å². The van der Waals surface area contributed by atoms with Crippen molar-refractivity contribution in [2.75, 3.05) is 26.2 Å². The number of benzene rings is 2. The molecule has 7 nitrogen and oxygen atoms in total. The molecule has 2 aromatic carbocycles. The number of hydrogen-bond donors (Lipinski definition) is 2. The summed E-state index contributed by atoms with van der Waals surface area (Å²) in [6.45, 7) is 6.57. The molecule has 184 valence electrons. The second kappa shape index (κ2) is 10.9. The zero-order valence-corrected chi connectivity index (χ0v) is 20.5. The van der Waals surface area contributed by atoms with Crippen LogP contribution in [-0.2, 0) is 4.79 Å².